The second kappa shape index (κ2) is 8.74. The zero-order chi connectivity index (χ0) is 21.0. The third kappa shape index (κ3) is 5.87. The van der Waals surface area contributed by atoms with Gasteiger partial charge in [-0.15, -0.1) is 21.5 Å². The highest BCUT2D eigenvalue weighted by molar-refractivity contribution is 7.99. The van der Waals surface area contributed by atoms with Crippen molar-refractivity contribution < 1.29 is 18.0 Å². The van der Waals surface area contributed by atoms with E-state index in [2.05, 4.69) is 25.5 Å². The number of aryl methyl sites for hydroxylation is 1. The number of hydrogen-bond donors (Lipinski definition) is 2. The summed E-state index contributed by atoms with van der Waals surface area (Å²) < 4.78 is 38.4. The fourth-order valence-corrected chi connectivity index (χ4v) is 3.70. The van der Waals surface area contributed by atoms with E-state index >= 15 is 0 Å². The predicted molar refractivity (Wildman–Crippen MR) is 103 cm³/mol. The molecule has 0 unspecified atom stereocenters. The van der Waals surface area contributed by atoms with Crippen molar-refractivity contribution in [1.29, 1.82) is 0 Å². The number of hydrogen-bond acceptors (Lipinski definition) is 7. The third-order valence-electron chi connectivity index (χ3n) is 3.61. The molecule has 0 aliphatic carbocycles. The summed E-state index contributed by atoms with van der Waals surface area (Å²) in [4.78, 5) is 30.8. The molecular formula is C17H14F3N5O2S2. The largest absolute Gasteiger partial charge is 0.416 e. The van der Waals surface area contributed by atoms with Gasteiger partial charge in [-0.3, -0.25) is 14.6 Å². The minimum absolute atomic E-state index is 0.0176. The summed E-state index contributed by atoms with van der Waals surface area (Å²) in [5, 5.41) is 10.6. The molecule has 0 atom stereocenters. The van der Waals surface area contributed by atoms with E-state index in [1.165, 1.54) is 30.5 Å². The van der Waals surface area contributed by atoms with Crippen LogP contribution in [0.15, 0.2) is 40.4 Å². The lowest BCUT2D eigenvalue weighted by Crippen LogP contribution is -2.17. The number of H-pyrrole nitrogens is 1. The van der Waals surface area contributed by atoms with Crippen molar-refractivity contribution in [1.82, 2.24) is 20.2 Å². The number of halogens is 3. The summed E-state index contributed by atoms with van der Waals surface area (Å²) in [7, 11) is 0. The number of carbonyl (C=O) groups is 1. The Balaban J connectivity index is 1.56. The Morgan fingerprint density at radius 2 is 2.10 bits per heavy atom. The molecule has 0 fully saturated rings. The highest BCUT2D eigenvalue weighted by Crippen LogP contribution is 2.30. The zero-order valence-electron chi connectivity index (χ0n) is 14.9. The van der Waals surface area contributed by atoms with Crippen LogP contribution >= 0.6 is 23.1 Å². The molecule has 3 aromatic rings. The highest BCUT2D eigenvalue weighted by Gasteiger charge is 2.30. The molecule has 0 bridgehead atoms. The summed E-state index contributed by atoms with van der Waals surface area (Å²) in [5.74, 6) is -0.380. The lowest BCUT2D eigenvalue weighted by atomic mass is 10.1. The van der Waals surface area contributed by atoms with Crippen LogP contribution in [-0.2, 0) is 17.4 Å². The van der Waals surface area contributed by atoms with Crippen LogP contribution in [-0.4, -0.2) is 31.8 Å². The molecule has 29 heavy (non-hydrogen) atoms. The number of nitrogens with zero attached hydrogens (tertiary/aromatic N) is 3. The van der Waals surface area contributed by atoms with Gasteiger partial charge in [0.2, 0.25) is 5.91 Å². The smallest absolute Gasteiger partial charge is 0.301 e. The predicted octanol–water partition coefficient (Wildman–Crippen LogP) is 3.27. The number of anilines is 1. The van der Waals surface area contributed by atoms with Crippen LogP contribution in [0.1, 0.15) is 21.7 Å². The number of amides is 1. The van der Waals surface area contributed by atoms with E-state index in [9.17, 15) is 22.8 Å². The molecule has 0 spiro atoms. The molecule has 3 rings (SSSR count). The maximum absolute atomic E-state index is 12.8. The number of alkyl halides is 3. The van der Waals surface area contributed by atoms with Crippen molar-refractivity contribution in [2.75, 3.05) is 11.1 Å². The van der Waals surface area contributed by atoms with Crippen LogP contribution in [0.4, 0.5) is 18.3 Å². The molecule has 1 aromatic carbocycles. The van der Waals surface area contributed by atoms with Gasteiger partial charge in [0.05, 0.1) is 11.3 Å². The normalized spacial score (nSPS) is 11.4. The molecule has 0 aliphatic heterocycles. The van der Waals surface area contributed by atoms with Crippen molar-refractivity contribution in [3.05, 3.63) is 62.5 Å². The molecular weight excluding hydrogens is 427 g/mol. The number of rotatable bonds is 6. The molecule has 12 heteroatoms. The summed E-state index contributed by atoms with van der Waals surface area (Å²) in [5.41, 5.74) is -0.349. The molecule has 2 heterocycles. The summed E-state index contributed by atoms with van der Waals surface area (Å²) in [6.45, 7) is 1.52. The molecule has 0 radical (unpaired) electrons. The van der Waals surface area contributed by atoms with E-state index in [1.54, 1.807) is 6.07 Å². The van der Waals surface area contributed by atoms with Crippen LogP contribution in [0.3, 0.4) is 0 Å². The standard InChI is InChI=1S/C17H14F3N5O2S2/c1-9-14(27)23-16(25-24-9)28-8-13(26)22-15-21-7-12(29-15)6-10-3-2-4-11(5-10)17(18,19)20/h2-5,7H,6,8H2,1H3,(H,21,22,26)(H,23,25,27). The molecule has 0 aliphatic rings. The van der Waals surface area contributed by atoms with Gasteiger partial charge in [0.25, 0.3) is 5.56 Å². The highest BCUT2D eigenvalue weighted by atomic mass is 32.2. The van der Waals surface area contributed by atoms with Crippen molar-refractivity contribution in [3.63, 3.8) is 0 Å². The van der Waals surface area contributed by atoms with Crippen molar-refractivity contribution in [3.8, 4) is 0 Å². The fraction of sp³-hybridized carbons (Fsp3) is 0.235. The Bertz CT molecular complexity index is 1080. The molecule has 1 amide bonds. The van der Waals surface area contributed by atoms with Crippen LogP contribution in [0, 0.1) is 6.92 Å². The van der Waals surface area contributed by atoms with E-state index in [4.69, 9.17) is 0 Å². The first-order valence-electron chi connectivity index (χ1n) is 8.18. The van der Waals surface area contributed by atoms with Crippen molar-refractivity contribution in [2.45, 2.75) is 24.7 Å². The molecule has 7 nitrogen and oxygen atoms in total. The number of aromatic amines is 1. The van der Waals surface area contributed by atoms with Crippen LogP contribution in [0.2, 0.25) is 0 Å². The third-order valence-corrected chi connectivity index (χ3v) is 5.39. The summed E-state index contributed by atoms with van der Waals surface area (Å²) in [6.07, 6.45) is -2.62. The van der Waals surface area contributed by atoms with Crippen LogP contribution < -0.4 is 10.9 Å². The van der Waals surface area contributed by atoms with Crippen molar-refractivity contribution in [2.24, 2.45) is 0 Å². The van der Waals surface area contributed by atoms with Gasteiger partial charge >= 0.3 is 6.18 Å². The molecule has 2 N–H and O–H groups in total. The Morgan fingerprint density at radius 1 is 1.31 bits per heavy atom. The number of thiazole rings is 1. The minimum atomic E-state index is -4.40. The first-order chi connectivity index (χ1) is 13.7. The van der Waals surface area contributed by atoms with E-state index in [0.29, 0.717) is 15.6 Å². The van der Waals surface area contributed by atoms with Gasteiger partial charge in [0.1, 0.15) is 5.69 Å². The monoisotopic (exact) mass is 441 g/mol. The lowest BCUT2D eigenvalue weighted by molar-refractivity contribution is -0.137. The lowest BCUT2D eigenvalue weighted by Gasteiger charge is -2.07. The Hall–Kier alpha value is -2.73. The van der Waals surface area contributed by atoms with E-state index in [-0.39, 0.29) is 34.5 Å². The Morgan fingerprint density at radius 3 is 2.83 bits per heavy atom. The molecule has 0 saturated heterocycles. The average Bonchev–Trinajstić information content (AvgIpc) is 3.09. The number of nitrogens with one attached hydrogen (secondary N) is 2. The zero-order valence-corrected chi connectivity index (χ0v) is 16.5. The van der Waals surface area contributed by atoms with Crippen molar-refractivity contribution >= 4 is 34.1 Å². The SMILES string of the molecule is Cc1nnc(SCC(=O)Nc2ncc(Cc3cccc(C(F)(F)F)c3)s2)[nH]c1=O. The second-order valence-corrected chi connectivity index (χ2v) is 7.97. The summed E-state index contributed by atoms with van der Waals surface area (Å²) in [6, 6.07) is 5.08. The van der Waals surface area contributed by atoms with E-state index < -0.39 is 11.7 Å². The van der Waals surface area contributed by atoms with Gasteiger partial charge in [-0.25, -0.2) is 4.98 Å². The molecule has 152 valence electrons. The second-order valence-electron chi connectivity index (χ2n) is 5.89. The topological polar surface area (TPSA) is 101 Å². The van der Waals surface area contributed by atoms with Gasteiger partial charge in [-0.05, 0) is 18.6 Å². The minimum Gasteiger partial charge on any atom is -0.301 e. The van der Waals surface area contributed by atoms with E-state index in [1.807, 2.05) is 0 Å². The number of carbonyl (C=O) groups excluding carboxylic acids is 1. The average molecular weight is 441 g/mol. The van der Waals surface area contributed by atoms with Gasteiger partial charge in [0.15, 0.2) is 10.3 Å². The van der Waals surface area contributed by atoms with Gasteiger partial charge in [0, 0.05) is 17.5 Å². The molecule has 0 saturated carbocycles. The maximum atomic E-state index is 12.8. The summed E-state index contributed by atoms with van der Waals surface area (Å²) >= 11 is 2.19. The van der Waals surface area contributed by atoms with Crippen LogP contribution in [0.5, 0.6) is 0 Å². The first-order valence-corrected chi connectivity index (χ1v) is 9.98. The number of aromatic nitrogens is 4. The quantitative estimate of drug-likeness (QED) is 0.570. The fourth-order valence-electron chi connectivity index (χ4n) is 2.24. The first kappa shape index (κ1) is 21.0. The van der Waals surface area contributed by atoms with Gasteiger partial charge in [-0.1, -0.05) is 30.0 Å². The molecule has 2 aromatic heterocycles. The number of thioether (sulfide) groups is 1. The number of benzene rings is 1. The van der Waals surface area contributed by atoms with Gasteiger partial charge in [-0.2, -0.15) is 13.2 Å². The maximum Gasteiger partial charge on any atom is 0.416 e. The van der Waals surface area contributed by atoms with E-state index in [0.717, 1.165) is 23.9 Å². The Kier molecular flexibility index (Phi) is 6.33. The van der Waals surface area contributed by atoms with Crippen LogP contribution in [0.25, 0.3) is 0 Å². The Labute approximate surface area is 170 Å². The van der Waals surface area contributed by atoms with Gasteiger partial charge < -0.3 is 5.32 Å².